The van der Waals surface area contributed by atoms with Crippen LogP contribution in [-0.2, 0) is 9.53 Å². The molecule has 3 heteroatoms. The lowest BCUT2D eigenvalue weighted by Crippen LogP contribution is -2.28. The summed E-state index contributed by atoms with van der Waals surface area (Å²) in [5.74, 6) is -0.248. The topological polar surface area (TPSA) is 52.3 Å². The molecule has 0 amide bonds. The van der Waals surface area contributed by atoms with Gasteiger partial charge in [0.15, 0.2) is 0 Å². The van der Waals surface area contributed by atoms with Crippen LogP contribution in [0.15, 0.2) is 0 Å². The van der Waals surface area contributed by atoms with Gasteiger partial charge in [-0.25, -0.2) is 0 Å². The van der Waals surface area contributed by atoms with Crippen molar-refractivity contribution in [3.8, 4) is 0 Å². The predicted molar refractivity (Wildman–Crippen MR) is 48.7 cm³/mol. The van der Waals surface area contributed by atoms with E-state index in [4.69, 9.17) is 10.5 Å². The number of ether oxygens (including phenoxy) is 1. The van der Waals surface area contributed by atoms with Gasteiger partial charge in [-0.2, -0.15) is 0 Å². The third-order valence-corrected chi connectivity index (χ3v) is 1.41. The van der Waals surface area contributed by atoms with Crippen molar-refractivity contribution in [2.45, 2.75) is 39.7 Å². The lowest BCUT2D eigenvalue weighted by molar-refractivity contribution is -0.159. The van der Waals surface area contributed by atoms with Gasteiger partial charge in [-0.05, 0) is 33.7 Å². The third kappa shape index (κ3) is 5.13. The molecule has 0 bridgehead atoms. The predicted octanol–water partition coefficient (Wildman–Crippen LogP) is 1.31. The zero-order valence-corrected chi connectivity index (χ0v) is 8.39. The van der Waals surface area contributed by atoms with Gasteiger partial charge in [0.05, 0.1) is 5.92 Å². The number of hydrogen-bond acceptors (Lipinski definition) is 3. The van der Waals surface area contributed by atoms with Crippen LogP contribution in [0, 0.1) is 5.92 Å². The van der Waals surface area contributed by atoms with E-state index in [1.165, 1.54) is 0 Å². The summed E-state index contributed by atoms with van der Waals surface area (Å²) in [5.41, 5.74) is 4.93. The van der Waals surface area contributed by atoms with E-state index >= 15 is 0 Å². The van der Waals surface area contributed by atoms with E-state index in [0.717, 1.165) is 0 Å². The normalized spacial score (nSPS) is 14.1. The number of rotatable bonds is 3. The molecule has 0 aromatic carbocycles. The molecule has 0 rings (SSSR count). The number of hydrogen-bond donors (Lipinski definition) is 1. The van der Waals surface area contributed by atoms with E-state index in [9.17, 15) is 4.79 Å². The first-order valence-electron chi connectivity index (χ1n) is 4.29. The number of carbonyl (C=O) groups is 1. The molecule has 0 aliphatic carbocycles. The fourth-order valence-corrected chi connectivity index (χ4v) is 0.770. The molecule has 0 radical (unpaired) electrons. The molecule has 1 unspecified atom stereocenters. The highest BCUT2D eigenvalue weighted by Crippen LogP contribution is 2.12. The molecular weight excluding hydrogens is 154 g/mol. The second-order valence-electron chi connectivity index (χ2n) is 4.01. The average Bonchev–Trinajstić information content (AvgIpc) is 1.84. The van der Waals surface area contributed by atoms with Crippen LogP contribution in [0.3, 0.4) is 0 Å². The van der Waals surface area contributed by atoms with Crippen LogP contribution >= 0.6 is 0 Å². The van der Waals surface area contributed by atoms with Crippen LogP contribution in [0.5, 0.6) is 0 Å². The molecule has 0 saturated heterocycles. The quantitative estimate of drug-likeness (QED) is 0.655. The minimum atomic E-state index is -0.389. The maximum Gasteiger partial charge on any atom is 0.309 e. The molecule has 0 aliphatic heterocycles. The minimum absolute atomic E-state index is 0.0887. The minimum Gasteiger partial charge on any atom is -0.460 e. The summed E-state index contributed by atoms with van der Waals surface area (Å²) in [6.45, 7) is 7.95. The van der Waals surface area contributed by atoms with Gasteiger partial charge in [0.2, 0.25) is 0 Å². The second kappa shape index (κ2) is 4.45. The molecule has 12 heavy (non-hydrogen) atoms. The summed E-state index contributed by atoms with van der Waals surface area (Å²) in [6, 6.07) is 0. The Morgan fingerprint density at radius 3 is 2.33 bits per heavy atom. The maximum atomic E-state index is 11.3. The molecule has 0 saturated carbocycles. The van der Waals surface area contributed by atoms with Gasteiger partial charge >= 0.3 is 5.97 Å². The van der Waals surface area contributed by atoms with Crippen molar-refractivity contribution in [2.75, 3.05) is 6.54 Å². The molecule has 72 valence electrons. The Morgan fingerprint density at radius 2 is 2.00 bits per heavy atom. The fraction of sp³-hybridized carbons (Fsp3) is 0.889. The number of esters is 1. The Bertz CT molecular complexity index is 149. The van der Waals surface area contributed by atoms with Crippen molar-refractivity contribution >= 4 is 5.97 Å². The lowest BCUT2D eigenvalue weighted by Gasteiger charge is -2.21. The fourth-order valence-electron chi connectivity index (χ4n) is 0.770. The maximum absolute atomic E-state index is 11.3. The van der Waals surface area contributed by atoms with Crippen LogP contribution in [-0.4, -0.2) is 18.1 Å². The molecular formula is C9H19NO2. The van der Waals surface area contributed by atoms with E-state index in [1.54, 1.807) is 0 Å². The first-order chi connectivity index (χ1) is 5.37. The zero-order valence-electron chi connectivity index (χ0n) is 8.39. The van der Waals surface area contributed by atoms with E-state index in [0.29, 0.717) is 13.0 Å². The van der Waals surface area contributed by atoms with Gasteiger partial charge in [0.1, 0.15) is 5.60 Å². The van der Waals surface area contributed by atoms with Crippen molar-refractivity contribution in [3.05, 3.63) is 0 Å². The van der Waals surface area contributed by atoms with E-state index in [2.05, 4.69) is 0 Å². The molecule has 2 N–H and O–H groups in total. The SMILES string of the molecule is CC(CCN)C(=O)OC(C)(C)C. The van der Waals surface area contributed by atoms with E-state index < -0.39 is 0 Å². The van der Waals surface area contributed by atoms with Crippen molar-refractivity contribution in [3.63, 3.8) is 0 Å². The van der Waals surface area contributed by atoms with Gasteiger partial charge in [0.25, 0.3) is 0 Å². The third-order valence-electron chi connectivity index (χ3n) is 1.41. The van der Waals surface area contributed by atoms with Crippen molar-refractivity contribution in [1.82, 2.24) is 0 Å². The first kappa shape index (κ1) is 11.4. The molecule has 0 aromatic rings. The molecule has 1 atom stereocenters. The van der Waals surface area contributed by atoms with E-state index in [1.807, 2.05) is 27.7 Å². The second-order valence-corrected chi connectivity index (χ2v) is 4.01. The van der Waals surface area contributed by atoms with Crippen LogP contribution < -0.4 is 5.73 Å². The summed E-state index contributed by atoms with van der Waals surface area (Å²) in [6.07, 6.45) is 0.689. The Balaban J connectivity index is 3.87. The summed E-state index contributed by atoms with van der Waals surface area (Å²) in [7, 11) is 0. The van der Waals surface area contributed by atoms with Crippen LogP contribution in [0.2, 0.25) is 0 Å². The Morgan fingerprint density at radius 1 is 1.50 bits per heavy atom. The molecule has 0 aliphatic rings. The lowest BCUT2D eigenvalue weighted by atomic mass is 10.1. The van der Waals surface area contributed by atoms with Gasteiger partial charge < -0.3 is 10.5 Å². The van der Waals surface area contributed by atoms with Gasteiger partial charge in [0, 0.05) is 0 Å². The van der Waals surface area contributed by atoms with Gasteiger partial charge in [-0.3, -0.25) is 4.79 Å². The molecule has 0 heterocycles. The molecule has 0 spiro atoms. The van der Waals surface area contributed by atoms with Gasteiger partial charge in [-0.1, -0.05) is 6.92 Å². The summed E-state index contributed by atoms with van der Waals surface area (Å²) >= 11 is 0. The first-order valence-corrected chi connectivity index (χ1v) is 4.29. The Hall–Kier alpha value is -0.570. The number of carbonyl (C=O) groups excluding carboxylic acids is 1. The number of nitrogens with two attached hydrogens (primary N) is 1. The molecule has 3 nitrogen and oxygen atoms in total. The van der Waals surface area contributed by atoms with E-state index in [-0.39, 0.29) is 17.5 Å². The highest BCUT2D eigenvalue weighted by Gasteiger charge is 2.20. The standard InChI is InChI=1S/C9H19NO2/c1-7(5-6-10)8(11)12-9(2,3)4/h7H,5-6,10H2,1-4H3. The van der Waals surface area contributed by atoms with Crippen molar-refractivity contribution in [1.29, 1.82) is 0 Å². The van der Waals surface area contributed by atoms with Crippen molar-refractivity contribution < 1.29 is 9.53 Å². The van der Waals surface area contributed by atoms with Crippen LogP contribution in [0.25, 0.3) is 0 Å². The largest absolute Gasteiger partial charge is 0.460 e. The monoisotopic (exact) mass is 173 g/mol. The highest BCUT2D eigenvalue weighted by atomic mass is 16.6. The van der Waals surface area contributed by atoms with Crippen molar-refractivity contribution in [2.24, 2.45) is 11.7 Å². The Kier molecular flexibility index (Phi) is 4.24. The van der Waals surface area contributed by atoms with Gasteiger partial charge in [-0.15, -0.1) is 0 Å². The van der Waals surface area contributed by atoms with Crippen LogP contribution in [0.4, 0.5) is 0 Å². The average molecular weight is 173 g/mol. The zero-order chi connectivity index (χ0) is 9.78. The smallest absolute Gasteiger partial charge is 0.309 e. The summed E-state index contributed by atoms with van der Waals surface area (Å²) < 4.78 is 5.16. The summed E-state index contributed by atoms with van der Waals surface area (Å²) in [4.78, 5) is 11.3. The highest BCUT2D eigenvalue weighted by molar-refractivity contribution is 5.72. The van der Waals surface area contributed by atoms with Crippen LogP contribution in [0.1, 0.15) is 34.1 Å². The molecule has 0 fully saturated rings. The summed E-state index contributed by atoms with van der Waals surface area (Å²) in [5, 5.41) is 0. The Labute approximate surface area is 74.3 Å². The molecule has 0 aromatic heterocycles.